The molecule has 0 saturated heterocycles. The van der Waals surface area contributed by atoms with E-state index < -0.39 is 11.2 Å². The molecule has 1 N–H and O–H groups in total. The summed E-state index contributed by atoms with van der Waals surface area (Å²) in [6.45, 7) is 2.00. The van der Waals surface area contributed by atoms with Crippen molar-refractivity contribution in [2.75, 3.05) is 5.32 Å². The van der Waals surface area contributed by atoms with Crippen LogP contribution >= 0.6 is 11.8 Å². The summed E-state index contributed by atoms with van der Waals surface area (Å²) < 4.78 is 24.4. The first-order valence-corrected chi connectivity index (χ1v) is 7.11. The third kappa shape index (κ3) is 3.10. The normalized spacial score (nSPS) is 24.9. The maximum Gasteiger partial charge on any atom is 0.288 e. The van der Waals surface area contributed by atoms with Gasteiger partial charge in [-0.2, -0.15) is 14.0 Å². The lowest BCUT2D eigenvalue weighted by Gasteiger charge is -2.39. The van der Waals surface area contributed by atoms with Crippen LogP contribution < -0.4 is 5.32 Å². The lowest BCUT2D eigenvalue weighted by atomic mass is 9.63. The quantitative estimate of drug-likeness (QED) is 0.858. The number of hydrogen-bond acceptors (Lipinski definition) is 3. The van der Waals surface area contributed by atoms with Gasteiger partial charge >= 0.3 is 0 Å². The average Bonchev–Trinajstić information content (AvgIpc) is 2.36. The van der Waals surface area contributed by atoms with E-state index in [1.54, 1.807) is 12.1 Å². The van der Waals surface area contributed by atoms with Gasteiger partial charge in [0.2, 0.25) is 5.91 Å². The molecule has 0 heterocycles. The van der Waals surface area contributed by atoms with E-state index >= 15 is 0 Å². The maximum absolute atomic E-state index is 12.2. The van der Waals surface area contributed by atoms with Crippen molar-refractivity contribution in [2.24, 2.45) is 11.3 Å². The van der Waals surface area contributed by atoms with Gasteiger partial charge in [0.05, 0.1) is 6.07 Å². The lowest BCUT2D eigenvalue weighted by molar-refractivity contribution is -0.128. The van der Waals surface area contributed by atoms with Gasteiger partial charge in [0.15, 0.2) is 0 Å². The molecular weight excluding hydrogens is 282 g/mol. The lowest BCUT2D eigenvalue weighted by Crippen LogP contribution is -2.45. The van der Waals surface area contributed by atoms with Crippen molar-refractivity contribution < 1.29 is 13.6 Å². The molecule has 0 unspecified atom stereocenters. The molecule has 6 heteroatoms. The second-order valence-electron chi connectivity index (χ2n) is 5.06. The Morgan fingerprint density at radius 2 is 2.05 bits per heavy atom. The molecule has 3 nitrogen and oxygen atoms in total. The van der Waals surface area contributed by atoms with Crippen LogP contribution in [0.15, 0.2) is 29.2 Å². The molecular formula is C14H14F2N2OS. The van der Waals surface area contributed by atoms with Crippen molar-refractivity contribution >= 4 is 23.4 Å². The number of anilines is 1. The molecule has 1 amide bonds. The van der Waals surface area contributed by atoms with Crippen LogP contribution in [0.2, 0.25) is 0 Å². The van der Waals surface area contributed by atoms with Crippen molar-refractivity contribution in [1.82, 2.24) is 0 Å². The van der Waals surface area contributed by atoms with Gasteiger partial charge in [0, 0.05) is 10.6 Å². The Morgan fingerprint density at radius 1 is 1.45 bits per heavy atom. The van der Waals surface area contributed by atoms with Crippen LogP contribution in [0.1, 0.15) is 19.8 Å². The number of nitriles is 1. The van der Waals surface area contributed by atoms with Crippen LogP contribution in [-0.4, -0.2) is 11.7 Å². The highest BCUT2D eigenvalue weighted by Crippen LogP contribution is 2.45. The van der Waals surface area contributed by atoms with Crippen molar-refractivity contribution in [3.05, 3.63) is 24.3 Å². The zero-order valence-corrected chi connectivity index (χ0v) is 11.7. The van der Waals surface area contributed by atoms with Gasteiger partial charge < -0.3 is 5.32 Å². The minimum Gasteiger partial charge on any atom is -0.325 e. The number of hydrogen-bond donors (Lipinski definition) is 1. The molecule has 1 aliphatic rings. The fraction of sp³-hybridized carbons (Fsp3) is 0.429. The Labute approximate surface area is 120 Å². The molecule has 20 heavy (non-hydrogen) atoms. The molecule has 2 rings (SSSR count). The summed E-state index contributed by atoms with van der Waals surface area (Å²) in [5, 5.41) is 11.8. The first-order valence-electron chi connectivity index (χ1n) is 6.23. The molecule has 1 aromatic carbocycles. The van der Waals surface area contributed by atoms with Crippen molar-refractivity contribution in [3.8, 4) is 6.07 Å². The molecule has 0 aliphatic heterocycles. The van der Waals surface area contributed by atoms with Crippen molar-refractivity contribution in [3.63, 3.8) is 0 Å². The molecule has 106 valence electrons. The fourth-order valence-corrected chi connectivity index (χ4v) is 2.93. The van der Waals surface area contributed by atoms with E-state index in [2.05, 4.69) is 11.4 Å². The summed E-state index contributed by atoms with van der Waals surface area (Å²) in [7, 11) is 0. The molecule has 1 fully saturated rings. The van der Waals surface area contributed by atoms with E-state index in [9.17, 15) is 13.6 Å². The van der Waals surface area contributed by atoms with Crippen LogP contribution in [-0.2, 0) is 4.79 Å². The van der Waals surface area contributed by atoms with Gasteiger partial charge in [0.25, 0.3) is 5.76 Å². The third-order valence-electron chi connectivity index (χ3n) is 3.38. The van der Waals surface area contributed by atoms with E-state index in [1.807, 2.05) is 6.92 Å². The number of alkyl halides is 2. The van der Waals surface area contributed by atoms with Crippen LogP contribution in [0.5, 0.6) is 0 Å². The molecule has 0 radical (unpaired) electrons. The minimum atomic E-state index is -2.46. The molecule has 1 aliphatic carbocycles. The summed E-state index contributed by atoms with van der Waals surface area (Å²) >= 11 is 0.454. The Balaban J connectivity index is 2.00. The van der Waals surface area contributed by atoms with Gasteiger partial charge in [-0.05, 0) is 43.0 Å². The molecule has 0 atom stereocenters. The number of carbonyl (C=O) groups is 1. The van der Waals surface area contributed by atoms with E-state index in [-0.39, 0.29) is 5.91 Å². The topological polar surface area (TPSA) is 52.9 Å². The zero-order chi connectivity index (χ0) is 14.8. The van der Waals surface area contributed by atoms with E-state index in [1.165, 1.54) is 12.1 Å². The number of halogens is 2. The largest absolute Gasteiger partial charge is 0.325 e. The van der Waals surface area contributed by atoms with Gasteiger partial charge in [-0.3, -0.25) is 4.79 Å². The molecule has 1 aromatic rings. The summed E-state index contributed by atoms with van der Waals surface area (Å²) in [6, 6.07) is 8.26. The number of benzene rings is 1. The number of amides is 1. The van der Waals surface area contributed by atoms with Crippen molar-refractivity contribution in [2.45, 2.75) is 30.4 Å². The second kappa shape index (κ2) is 5.80. The number of thioether (sulfide) groups is 1. The van der Waals surface area contributed by atoms with Gasteiger partial charge in [-0.1, -0.05) is 18.7 Å². The SMILES string of the molecule is CC1CC(C#N)(C(=O)Nc2ccc(SC(F)F)cc2)C1. The monoisotopic (exact) mass is 296 g/mol. The molecule has 0 bridgehead atoms. The summed E-state index contributed by atoms with van der Waals surface area (Å²) in [5.41, 5.74) is -0.418. The zero-order valence-electron chi connectivity index (χ0n) is 10.9. The highest BCUT2D eigenvalue weighted by molar-refractivity contribution is 7.99. The Hall–Kier alpha value is -1.61. The van der Waals surface area contributed by atoms with E-state index in [0.29, 0.717) is 41.1 Å². The highest BCUT2D eigenvalue weighted by atomic mass is 32.2. The number of rotatable bonds is 4. The Morgan fingerprint density at radius 3 is 2.50 bits per heavy atom. The first kappa shape index (κ1) is 14.8. The number of nitrogens with zero attached hydrogens (tertiary/aromatic N) is 1. The van der Waals surface area contributed by atoms with Gasteiger partial charge in [-0.25, -0.2) is 0 Å². The smallest absolute Gasteiger partial charge is 0.288 e. The third-order valence-corrected chi connectivity index (χ3v) is 4.10. The first-order chi connectivity index (χ1) is 9.45. The fourth-order valence-electron chi connectivity index (χ4n) is 2.43. The Bertz CT molecular complexity index is 533. The molecule has 0 spiro atoms. The maximum atomic E-state index is 12.2. The predicted octanol–water partition coefficient (Wildman–Crippen LogP) is 3.88. The van der Waals surface area contributed by atoms with Crippen LogP contribution in [0, 0.1) is 22.7 Å². The van der Waals surface area contributed by atoms with Crippen molar-refractivity contribution in [1.29, 1.82) is 5.26 Å². The van der Waals surface area contributed by atoms with Gasteiger partial charge in [0.1, 0.15) is 5.41 Å². The molecule has 1 saturated carbocycles. The summed E-state index contributed by atoms with van der Waals surface area (Å²) in [5.74, 6) is -2.40. The summed E-state index contributed by atoms with van der Waals surface area (Å²) in [6.07, 6.45) is 1.13. The minimum absolute atomic E-state index is 0.313. The number of carbonyl (C=O) groups excluding carboxylic acids is 1. The Kier molecular flexibility index (Phi) is 4.29. The predicted molar refractivity (Wildman–Crippen MR) is 73.4 cm³/mol. The highest BCUT2D eigenvalue weighted by Gasteiger charge is 2.48. The summed E-state index contributed by atoms with van der Waals surface area (Å²) in [4.78, 5) is 12.5. The van der Waals surface area contributed by atoms with Crippen LogP contribution in [0.25, 0.3) is 0 Å². The van der Waals surface area contributed by atoms with Crippen LogP contribution in [0.4, 0.5) is 14.5 Å². The average molecular weight is 296 g/mol. The number of nitrogens with one attached hydrogen (secondary N) is 1. The standard InChI is InChI=1S/C14H14F2N2OS/c1-9-6-14(7-9,8-17)12(19)18-10-2-4-11(5-3-10)20-13(15)16/h2-5,9,13H,6-7H2,1H3,(H,18,19). The molecule has 0 aromatic heterocycles. The van der Waals surface area contributed by atoms with E-state index in [0.717, 1.165) is 0 Å². The second-order valence-corrected chi connectivity index (χ2v) is 6.13. The van der Waals surface area contributed by atoms with Gasteiger partial charge in [-0.15, -0.1) is 0 Å². The van der Waals surface area contributed by atoms with Crippen LogP contribution in [0.3, 0.4) is 0 Å². The van der Waals surface area contributed by atoms with E-state index in [4.69, 9.17) is 5.26 Å².